The molecule has 0 aliphatic carbocycles. The lowest BCUT2D eigenvalue weighted by atomic mass is 10.1. The number of hydrogen-bond donors (Lipinski definition) is 2. The van der Waals surface area contributed by atoms with E-state index in [-0.39, 0.29) is 25.6 Å². The number of unbranched alkanes of at least 4 members (excludes halogenated alkanes) is 8. The molecule has 0 spiro atoms. The maximum absolute atomic E-state index is 12.1. The van der Waals surface area contributed by atoms with Crippen molar-refractivity contribution in [2.45, 2.75) is 135 Å². The van der Waals surface area contributed by atoms with Gasteiger partial charge in [-0.05, 0) is 44.9 Å². The molecular formula is C37H60O6. The number of carbonyl (C=O) groups excluding carboxylic acids is 2. The summed E-state index contributed by atoms with van der Waals surface area (Å²) in [7, 11) is 0. The summed E-state index contributed by atoms with van der Waals surface area (Å²) in [4.78, 5) is 24.0. The van der Waals surface area contributed by atoms with Crippen molar-refractivity contribution in [3.63, 3.8) is 0 Å². The second-order valence-corrected chi connectivity index (χ2v) is 10.7. The van der Waals surface area contributed by atoms with Crippen molar-refractivity contribution in [1.29, 1.82) is 0 Å². The highest BCUT2D eigenvalue weighted by Gasteiger charge is 2.15. The van der Waals surface area contributed by atoms with Crippen LogP contribution in [0.15, 0.2) is 72.9 Å². The van der Waals surface area contributed by atoms with Gasteiger partial charge in [-0.3, -0.25) is 9.59 Å². The zero-order valence-corrected chi connectivity index (χ0v) is 27.0. The SMILES string of the molecule is CC/C=C\CC(O)/C=C/C=C/C/C=C\C/C=C\C/C=C\CCC(=O)O[C@@H](CO)COC(=O)CCCCCCCCCCC. The maximum atomic E-state index is 12.1. The summed E-state index contributed by atoms with van der Waals surface area (Å²) in [5.74, 6) is -0.721. The summed E-state index contributed by atoms with van der Waals surface area (Å²) < 4.78 is 10.4. The topological polar surface area (TPSA) is 93.1 Å². The number of carbonyl (C=O) groups is 2. The minimum absolute atomic E-state index is 0.109. The standard InChI is InChI=1S/C37H60O6/c1-3-5-7-8-9-15-19-22-26-30-36(40)42-33-35(32-38)43-37(41)31-27-23-20-17-14-12-10-11-13-16-18-21-25-29-34(39)28-24-6-4-2/h6,11-14,18,20-21,23-25,29,34-35,38-39H,3-5,7-10,15-17,19,22,26-28,30-33H2,1-2H3/b13-11-,14-12-,21-18+,23-20-,24-6-,29-25+/t34?,35-/m0/s1. The van der Waals surface area contributed by atoms with Crippen molar-refractivity contribution in [3.8, 4) is 0 Å². The van der Waals surface area contributed by atoms with E-state index in [1.54, 1.807) is 6.08 Å². The summed E-state index contributed by atoms with van der Waals surface area (Å²) in [6.07, 6.45) is 38.7. The monoisotopic (exact) mass is 600 g/mol. The summed E-state index contributed by atoms with van der Waals surface area (Å²) in [6.45, 7) is 3.81. The van der Waals surface area contributed by atoms with E-state index in [2.05, 4.69) is 44.2 Å². The Kier molecular flexibility index (Phi) is 30.2. The highest BCUT2D eigenvalue weighted by Crippen LogP contribution is 2.11. The van der Waals surface area contributed by atoms with Crippen LogP contribution < -0.4 is 0 Å². The van der Waals surface area contributed by atoms with Gasteiger partial charge in [-0.2, -0.15) is 0 Å². The molecular weight excluding hydrogens is 540 g/mol. The fourth-order valence-electron chi connectivity index (χ4n) is 4.07. The Hall–Kier alpha value is -2.70. The number of allylic oxidation sites excluding steroid dienone is 10. The smallest absolute Gasteiger partial charge is 0.306 e. The Labute approximate surface area is 262 Å². The Balaban J connectivity index is 3.84. The summed E-state index contributed by atoms with van der Waals surface area (Å²) in [5.41, 5.74) is 0. The van der Waals surface area contributed by atoms with E-state index in [1.165, 1.54) is 38.5 Å². The van der Waals surface area contributed by atoms with Gasteiger partial charge in [0.15, 0.2) is 6.10 Å². The lowest BCUT2D eigenvalue weighted by Gasteiger charge is -2.15. The molecule has 6 heteroatoms. The summed E-state index contributed by atoms with van der Waals surface area (Å²) in [5, 5.41) is 19.2. The van der Waals surface area contributed by atoms with Crippen LogP contribution in [0, 0.1) is 0 Å². The first-order chi connectivity index (χ1) is 21.0. The fraction of sp³-hybridized carbons (Fsp3) is 0.622. The molecule has 0 saturated heterocycles. The zero-order valence-electron chi connectivity index (χ0n) is 27.0. The Morgan fingerprint density at radius 2 is 1.28 bits per heavy atom. The minimum atomic E-state index is -0.822. The molecule has 0 aromatic heterocycles. The summed E-state index contributed by atoms with van der Waals surface area (Å²) in [6, 6.07) is 0. The summed E-state index contributed by atoms with van der Waals surface area (Å²) >= 11 is 0. The van der Waals surface area contributed by atoms with Gasteiger partial charge in [0.05, 0.1) is 12.7 Å². The lowest BCUT2D eigenvalue weighted by molar-refractivity contribution is -0.161. The average molecular weight is 601 g/mol. The molecule has 0 saturated carbocycles. The van der Waals surface area contributed by atoms with Gasteiger partial charge in [-0.15, -0.1) is 0 Å². The predicted molar refractivity (Wildman–Crippen MR) is 179 cm³/mol. The van der Waals surface area contributed by atoms with Gasteiger partial charge in [0.25, 0.3) is 0 Å². The van der Waals surface area contributed by atoms with Crippen LogP contribution >= 0.6 is 0 Å². The van der Waals surface area contributed by atoms with Gasteiger partial charge in [-0.1, -0.05) is 138 Å². The largest absolute Gasteiger partial charge is 0.462 e. The van der Waals surface area contributed by atoms with E-state index >= 15 is 0 Å². The van der Waals surface area contributed by atoms with Crippen LogP contribution in [0.1, 0.15) is 123 Å². The van der Waals surface area contributed by atoms with E-state index < -0.39 is 18.2 Å². The first-order valence-electron chi connectivity index (χ1n) is 16.6. The lowest BCUT2D eigenvalue weighted by Crippen LogP contribution is -2.28. The molecule has 0 aromatic carbocycles. The molecule has 43 heavy (non-hydrogen) atoms. The quantitative estimate of drug-likeness (QED) is 0.0403. The van der Waals surface area contributed by atoms with Crippen molar-refractivity contribution in [2.75, 3.05) is 13.2 Å². The molecule has 244 valence electrons. The van der Waals surface area contributed by atoms with Crippen LogP contribution in [0.25, 0.3) is 0 Å². The Morgan fingerprint density at radius 3 is 1.91 bits per heavy atom. The molecule has 2 N–H and O–H groups in total. The predicted octanol–water partition coefficient (Wildman–Crippen LogP) is 8.80. The molecule has 0 rings (SSSR count). The van der Waals surface area contributed by atoms with E-state index in [4.69, 9.17) is 9.47 Å². The Morgan fingerprint density at radius 1 is 0.674 bits per heavy atom. The first kappa shape index (κ1) is 40.3. The van der Waals surface area contributed by atoms with Crippen LogP contribution in [0.2, 0.25) is 0 Å². The second-order valence-electron chi connectivity index (χ2n) is 10.7. The molecule has 0 amide bonds. The van der Waals surface area contributed by atoms with Crippen LogP contribution in [0.5, 0.6) is 0 Å². The number of ether oxygens (including phenoxy) is 2. The molecule has 0 aliphatic heterocycles. The van der Waals surface area contributed by atoms with Crippen molar-refractivity contribution < 1.29 is 29.3 Å². The van der Waals surface area contributed by atoms with E-state index in [0.29, 0.717) is 19.3 Å². The highest BCUT2D eigenvalue weighted by atomic mass is 16.6. The minimum Gasteiger partial charge on any atom is -0.462 e. The van der Waals surface area contributed by atoms with E-state index in [0.717, 1.165) is 44.9 Å². The Bertz CT molecular complexity index is 836. The number of rotatable bonds is 28. The third-order valence-corrected chi connectivity index (χ3v) is 6.61. The fourth-order valence-corrected chi connectivity index (χ4v) is 4.07. The van der Waals surface area contributed by atoms with Crippen molar-refractivity contribution in [1.82, 2.24) is 0 Å². The normalized spacial score (nSPS) is 13.9. The van der Waals surface area contributed by atoms with Crippen LogP contribution in [-0.2, 0) is 19.1 Å². The number of hydrogen-bond acceptors (Lipinski definition) is 6. The molecule has 0 aromatic rings. The number of aliphatic hydroxyl groups excluding tert-OH is 2. The van der Waals surface area contributed by atoms with Crippen molar-refractivity contribution in [2.24, 2.45) is 0 Å². The van der Waals surface area contributed by atoms with Gasteiger partial charge >= 0.3 is 11.9 Å². The molecule has 0 radical (unpaired) electrons. The van der Waals surface area contributed by atoms with Crippen LogP contribution in [0.4, 0.5) is 0 Å². The van der Waals surface area contributed by atoms with Gasteiger partial charge in [0, 0.05) is 12.8 Å². The molecule has 0 bridgehead atoms. The molecule has 0 fully saturated rings. The molecule has 0 heterocycles. The van der Waals surface area contributed by atoms with Gasteiger partial charge < -0.3 is 19.7 Å². The third kappa shape index (κ3) is 30.6. The zero-order chi connectivity index (χ0) is 31.6. The number of esters is 2. The van der Waals surface area contributed by atoms with Crippen molar-refractivity contribution >= 4 is 11.9 Å². The van der Waals surface area contributed by atoms with Gasteiger partial charge in [-0.25, -0.2) is 0 Å². The highest BCUT2D eigenvalue weighted by molar-refractivity contribution is 5.70. The van der Waals surface area contributed by atoms with E-state index in [1.807, 2.05) is 36.5 Å². The maximum Gasteiger partial charge on any atom is 0.306 e. The third-order valence-electron chi connectivity index (χ3n) is 6.61. The van der Waals surface area contributed by atoms with Gasteiger partial charge in [0.2, 0.25) is 0 Å². The average Bonchev–Trinajstić information content (AvgIpc) is 3.00. The first-order valence-corrected chi connectivity index (χ1v) is 16.6. The molecule has 6 nitrogen and oxygen atoms in total. The second kappa shape index (κ2) is 32.2. The van der Waals surface area contributed by atoms with Crippen LogP contribution in [0.3, 0.4) is 0 Å². The van der Waals surface area contributed by atoms with Gasteiger partial charge in [0.1, 0.15) is 6.61 Å². The van der Waals surface area contributed by atoms with Crippen molar-refractivity contribution in [3.05, 3.63) is 72.9 Å². The molecule has 1 unspecified atom stereocenters. The number of aliphatic hydroxyl groups is 2. The molecule has 0 aliphatic rings. The molecule has 2 atom stereocenters. The van der Waals surface area contributed by atoms with Crippen LogP contribution in [-0.4, -0.2) is 47.6 Å². The van der Waals surface area contributed by atoms with E-state index in [9.17, 15) is 19.8 Å².